The molecule has 1 fully saturated rings. The van der Waals surface area contributed by atoms with Gasteiger partial charge in [0.1, 0.15) is 12.0 Å². The second kappa shape index (κ2) is 7.82. The largest absolute Gasteiger partial charge is 0.493 e. The molecule has 1 saturated heterocycles. The summed E-state index contributed by atoms with van der Waals surface area (Å²) in [5.41, 5.74) is 4.94. The van der Waals surface area contributed by atoms with Gasteiger partial charge >= 0.3 is 0 Å². The van der Waals surface area contributed by atoms with E-state index in [9.17, 15) is 13.2 Å². The van der Waals surface area contributed by atoms with Crippen molar-refractivity contribution in [3.8, 4) is 16.9 Å². The molecule has 0 bridgehead atoms. The number of carbonyl (C=O) groups is 1. The zero-order chi connectivity index (χ0) is 19.6. The monoisotopic (exact) mass is 387 g/mol. The van der Waals surface area contributed by atoms with Crippen molar-refractivity contribution in [2.24, 2.45) is 5.92 Å². The summed E-state index contributed by atoms with van der Waals surface area (Å²) in [7, 11) is -3.12. The standard InChI is InChI=1S/C21H25NO4S/c1-15-9-20(26-14-18-7-8-22(12-18)27(3,24)25)10-16(2)21(15)19-6-4-5-17(11-19)13-23/h4-6,9-11,13,18H,7-8,12,14H2,1-3H3/t18-/m0/s1. The fourth-order valence-corrected chi connectivity index (χ4v) is 4.60. The third-order valence-electron chi connectivity index (χ3n) is 5.02. The molecule has 1 aliphatic rings. The van der Waals surface area contributed by atoms with Crippen molar-refractivity contribution in [3.05, 3.63) is 53.1 Å². The van der Waals surface area contributed by atoms with Crippen molar-refractivity contribution >= 4 is 16.3 Å². The third-order valence-corrected chi connectivity index (χ3v) is 6.29. The SMILES string of the molecule is Cc1cc(OC[C@H]2CCN(S(C)(=O)=O)C2)cc(C)c1-c1cccc(C=O)c1. The smallest absolute Gasteiger partial charge is 0.211 e. The van der Waals surface area contributed by atoms with Crippen LogP contribution in [-0.2, 0) is 10.0 Å². The van der Waals surface area contributed by atoms with Gasteiger partial charge in [0.15, 0.2) is 0 Å². The highest BCUT2D eigenvalue weighted by molar-refractivity contribution is 7.88. The lowest BCUT2D eigenvalue weighted by Crippen LogP contribution is -2.28. The summed E-state index contributed by atoms with van der Waals surface area (Å²) in [6.45, 7) is 5.66. The lowest BCUT2D eigenvalue weighted by atomic mass is 9.94. The van der Waals surface area contributed by atoms with Gasteiger partial charge in [-0.1, -0.05) is 18.2 Å². The van der Waals surface area contributed by atoms with Crippen LogP contribution in [0.4, 0.5) is 0 Å². The third kappa shape index (κ3) is 4.57. The molecule has 1 heterocycles. The molecular weight excluding hydrogens is 362 g/mol. The van der Waals surface area contributed by atoms with E-state index >= 15 is 0 Å². The van der Waals surface area contributed by atoms with Gasteiger partial charge in [-0.15, -0.1) is 0 Å². The molecule has 1 atom stereocenters. The summed E-state index contributed by atoms with van der Waals surface area (Å²) in [4.78, 5) is 11.0. The van der Waals surface area contributed by atoms with Gasteiger partial charge in [0.25, 0.3) is 0 Å². The van der Waals surface area contributed by atoms with Gasteiger partial charge in [-0.25, -0.2) is 12.7 Å². The molecule has 2 aromatic carbocycles. The van der Waals surface area contributed by atoms with E-state index in [4.69, 9.17) is 4.74 Å². The Kier molecular flexibility index (Phi) is 5.67. The Morgan fingerprint density at radius 3 is 2.48 bits per heavy atom. The summed E-state index contributed by atoms with van der Waals surface area (Å²) in [6.07, 6.45) is 2.93. The van der Waals surface area contributed by atoms with Crippen LogP contribution in [0.2, 0.25) is 0 Å². The second-order valence-electron chi connectivity index (χ2n) is 7.26. The van der Waals surface area contributed by atoms with Gasteiger partial charge in [0, 0.05) is 24.6 Å². The fourth-order valence-electron chi connectivity index (χ4n) is 3.68. The first kappa shape index (κ1) is 19.6. The molecule has 0 saturated carbocycles. The maximum Gasteiger partial charge on any atom is 0.211 e. The molecule has 0 aromatic heterocycles. The van der Waals surface area contributed by atoms with E-state index in [0.717, 1.165) is 40.7 Å². The first-order valence-electron chi connectivity index (χ1n) is 9.02. The number of ether oxygens (including phenoxy) is 1. The minimum Gasteiger partial charge on any atom is -0.493 e. The summed E-state index contributed by atoms with van der Waals surface area (Å²) in [5.74, 6) is 1.00. The molecule has 3 rings (SSSR count). The highest BCUT2D eigenvalue weighted by Crippen LogP contribution is 2.32. The predicted molar refractivity (Wildman–Crippen MR) is 107 cm³/mol. The van der Waals surface area contributed by atoms with Crippen LogP contribution in [0.3, 0.4) is 0 Å². The Labute approximate surface area is 161 Å². The van der Waals surface area contributed by atoms with Crippen LogP contribution in [0.1, 0.15) is 27.9 Å². The van der Waals surface area contributed by atoms with E-state index in [1.807, 2.05) is 44.2 Å². The van der Waals surface area contributed by atoms with Crippen molar-refractivity contribution in [1.82, 2.24) is 4.31 Å². The van der Waals surface area contributed by atoms with Gasteiger partial charge in [0.2, 0.25) is 10.0 Å². The molecule has 0 unspecified atom stereocenters. The minimum atomic E-state index is -3.12. The average molecular weight is 388 g/mol. The van der Waals surface area contributed by atoms with Gasteiger partial charge in [-0.2, -0.15) is 0 Å². The molecule has 6 heteroatoms. The quantitative estimate of drug-likeness (QED) is 0.712. The fraction of sp³-hybridized carbons (Fsp3) is 0.381. The Bertz CT molecular complexity index is 929. The van der Waals surface area contributed by atoms with Crippen LogP contribution < -0.4 is 4.74 Å². The van der Waals surface area contributed by atoms with Crippen molar-refractivity contribution in [3.63, 3.8) is 0 Å². The van der Waals surface area contributed by atoms with Crippen LogP contribution in [-0.4, -0.2) is 45.0 Å². The van der Waals surface area contributed by atoms with E-state index in [0.29, 0.717) is 25.3 Å². The zero-order valence-electron chi connectivity index (χ0n) is 15.9. The molecule has 0 N–H and O–H groups in total. The van der Waals surface area contributed by atoms with Gasteiger partial charge in [-0.05, 0) is 60.7 Å². The Hall–Kier alpha value is -2.18. The molecule has 0 aliphatic carbocycles. The van der Waals surface area contributed by atoms with Crippen molar-refractivity contribution in [2.45, 2.75) is 20.3 Å². The highest BCUT2D eigenvalue weighted by Gasteiger charge is 2.28. The van der Waals surface area contributed by atoms with Gasteiger partial charge < -0.3 is 4.74 Å². The number of aryl methyl sites for hydroxylation is 2. The first-order chi connectivity index (χ1) is 12.8. The van der Waals surface area contributed by atoms with Gasteiger partial charge in [0.05, 0.1) is 12.9 Å². The summed E-state index contributed by atoms with van der Waals surface area (Å²) in [6, 6.07) is 11.6. The molecule has 1 aliphatic heterocycles. The van der Waals surface area contributed by atoms with Gasteiger partial charge in [-0.3, -0.25) is 4.79 Å². The number of hydrogen-bond acceptors (Lipinski definition) is 4. The van der Waals surface area contributed by atoms with Crippen molar-refractivity contribution in [1.29, 1.82) is 0 Å². The van der Waals surface area contributed by atoms with Crippen molar-refractivity contribution in [2.75, 3.05) is 26.0 Å². The van der Waals surface area contributed by atoms with E-state index < -0.39 is 10.0 Å². The Morgan fingerprint density at radius 1 is 1.19 bits per heavy atom. The van der Waals surface area contributed by atoms with Crippen LogP contribution in [0, 0.1) is 19.8 Å². The summed E-state index contributed by atoms with van der Waals surface area (Å²) >= 11 is 0. The first-order valence-corrected chi connectivity index (χ1v) is 10.9. The molecule has 144 valence electrons. The summed E-state index contributed by atoms with van der Waals surface area (Å²) in [5, 5.41) is 0. The minimum absolute atomic E-state index is 0.212. The predicted octanol–water partition coefficient (Wildman–Crippen LogP) is 3.44. The molecule has 0 radical (unpaired) electrons. The molecule has 27 heavy (non-hydrogen) atoms. The zero-order valence-corrected chi connectivity index (χ0v) is 16.8. The van der Waals surface area contributed by atoms with E-state index in [2.05, 4.69) is 0 Å². The maximum absolute atomic E-state index is 11.6. The number of benzene rings is 2. The summed E-state index contributed by atoms with van der Waals surface area (Å²) < 4.78 is 30.7. The number of carbonyl (C=O) groups excluding carboxylic acids is 1. The van der Waals surface area contributed by atoms with Crippen molar-refractivity contribution < 1.29 is 17.9 Å². The van der Waals surface area contributed by atoms with E-state index in [1.165, 1.54) is 10.6 Å². The molecule has 5 nitrogen and oxygen atoms in total. The molecule has 2 aromatic rings. The highest BCUT2D eigenvalue weighted by atomic mass is 32.2. The van der Waals surface area contributed by atoms with E-state index in [-0.39, 0.29) is 5.92 Å². The van der Waals surface area contributed by atoms with Crippen LogP contribution in [0.25, 0.3) is 11.1 Å². The normalized spacial score (nSPS) is 17.8. The number of nitrogens with zero attached hydrogens (tertiary/aromatic N) is 1. The van der Waals surface area contributed by atoms with Crippen LogP contribution >= 0.6 is 0 Å². The maximum atomic E-state index is 11.6. The molecule has 0 spiro atoms. The number of rotatable bonds is 6. The van der Waals surface area contributed by atoms with E-state index in [1.54, 1.807) is 6.07 Å². The number of sulfonamides is 1. The number of aldehydes is 1. The lowest BCUT2D eigenvalue weighted by Gasteiger charge is -2.17. The second-order valence-corrected chi connectivity index (χ2v) is 9.24. The lowest BCUT2D eigenvalue weighted by molar-refractivity contribution is 0.112. The van der Waals surface area contributed by atoms with Crippen LogP contribution in [0.15, 0.2) is 36.4 Å². The molecular formula is C21H25NO4S. The molecule has 0 amide bonds. The average Bonchev–Trinajstić information content (AvgIpc) is 3.09. The number of hydrogen-bond donors (Lipinski definition) is 0. The Morgan fingerprint density at radius 2 is 1.89 bits per heavy atom. The topological polar surface area (TPSA) is 63.7 Å². The Balaban J connectivity index is 1.73. The van der Waals surface area contributed by atoms with Crippen LogP contribution in [0.5, 0.6) is 5.75 Å².